The first-order chi connectivity index (χ1) is 12.0. The van der Waals surface area contributed by atoms with E-state index >= 15 is 0 Å². The fourth-order valence-corrected chi connectivity index (χ4v) is 3.18. The molecular weight excluding hydrogens is 340 g/mol. The summed E-state index contributed by atoms with van der Waals surface area (Å²) in [7, 11) is 0. The highest BCUT2D eigenvalue weighted by atomic mass is 35.5. The summed E-state index contributed by atoms with van der Waals surface area (Å²) in [5, 5.41) is 8.98. The molecule has 1 saturated heterocycles. The lowest BCUT2D eigenvalue weighted by Crippen LogP contribution is -2.50. The lowest BCUT2D eigenvalue weighted by molar-refractivity contribution is -0.136. The van der Waals surface area contributed by atoms with Gasteiger partial charge in [0.1, 0.15) is 0 Å². The van der Waals surface area contributed by atoms with E-state index in [1.54, 1.807) is 6.07 Å². The fraction of sp³-hybridized carbons (Fsp3) is 0.500. The highest BCUT2D eigenvalue weighted by Crippen LogP contribution is 2.26. The van der Waals surface area contributed by atoms with Crippen LogP contribution in [0.15, 0.2) is 28.7 Å². The molecule has 0 saturated carbocycles. The van der Waals surface area contributed by atoms with Gasteiger partial charge in [0, 0.05) is 42.7 Å². The summed E-state index contributed by atoms with van der Waals surface area (Å²) in [6, 6.07) is 7.37. The maximum atomic E-state index is 12.1. The fourth-order valence-electron chi connectivity index (χ4n) is 2.99. The van der Waals surface area contributed by atoms with Crippen molar-refractivity contribution < 1.29 is 9.21 Å². The van der Waals surface area contributed by atoms with Crippen LogP contribution in [-0.4, -0.2) is 52.1 Å². The molecule has 7 heteroatoms. The molecule has 1 amide bonds. The molecule has 1 aliphatic heterocycles. The lowest BCUT2D eigenvalue weighted by atomic mass is 10.1. The van der Waals surface area contributed by atoms with Crippen molar-refractivity contribution in [1.82, 2.24) is 20.0 Å². The monoisotopic (exact) mass is 362 g/mol. The zero-order valence-corrected chi connectivity index (χ0v) is 15.5. The molecule has 2 aromatic rings. The van der Waals surface area contributed by atoms with E-state index in [0.717, 1.165) is 31.7 Å². The van der Waals surface area contributed by atoms with Crippen molar-refractivity contribution in [3.63, 3.8) is 0 Å². The number of aromatic nitrogens is 2. The third-order valence-electron chi connectivity index (χ3n) is 4.54. The highest BCUT2D eigenvalue weighted by Gasteiger charge is 2.28. The molecule has 1 aliphatic rings. The molecule has 1 fully saturated rings. The lowest BCUT2D eigenvalue weighted by Gasteiger charge is -2.37. The molecule has 0 spiro atoms. The van der Waals surface area contributed by atoms with Crippen LogP contribution in [-0.2, 0) is 4.79 Å². The van der Waals surface area contributed by atoms with E-state index in [1.807, 2.05) is 36.9 Å². The SMILES string of the molecule is CC(C)C(=O)N1CCN([C@H](C)c2nnc(-c3cccc(Cl)c3)o2)CC1. The van der Waals surface area contributed by atoms with Gasteiger partial charge in [-0.3, -0.25) is 9.69 Å². The molecule has 0 unspecified atom stereocenters. The third kappa shape index (κ3) is 4.02. The van der Waals surface area contributed by atoms with Crippen molar-refractivity contribution in [2.75, 3.05) is 26.2 Å². The first-order valence-corrected chi connectivity index (χ1v) is 8.95. The number of amides is 1. The van der Waals surface area contributed by atoms with Crippen molar-refractivity contribution in [2.24, 2.45) is 5.92 Å². The van der Waals surface area contributed by atoms with Crippen LogP contribution >= 0.6 is 11.6 Å². The van der Waals surface area contributed by atoms with Crippen LogP contribution in [0.5, 0.6) is 0 Å². The van der Waals surface area contributed by atoms with Gasteiger partial charge < -0.3 is 9.32 Å². The number of nitrogens with zero attached hydrogens (tertiary/aromatic N) is 4. The third-order valence-corrected chi connectivity index (χ3v) is 4.77. The predicted molar refractivity (Wildman–Crippen MR) is 96.2 cm³/mol. The van der Waals surface area contributed by atoms with E-state index in [2.05, 4.69) is 22.0 Å². The Bertz CT molecular complexity index is 738. The van der Waals surface area contributed by atoms with Crippen LogP contribution in [0.4, 0.5) is 0 Å². The molecule has 1 aromatic carbocycles. The molecule has 1 aromatic heterocycles. The maximum Gasteiger partial charge on any atom is 0.247 e. The van der Waals surface area contributed by atoms with Gasteiger partial charge in [-0.1, -0.05) is 31.5 Å². The number of carbonyl (C=O) groups excluding carboxylic acids is 1. The Morgan fingerprint density at radius 1 is 1.16 bits per heavy atom. The Balaban J connectivity index is 1.65. The Hall–Kier alpha value is -1.92. The van der Waals surface area contributed by atoms with Crippen LogP contribution in [0.25, 0.3) is 11.5 Å². The summed E-state index contributed by atoms with van der Waals surface area (Å²) in [5.41, 5.74) is 0.811. The van der Waals surface area contributed by atoms with Gasteiger partial charge >= 0.3 is 0 Å². The van der Waals surface area contributed by atoms with E-state index in [9.17, 15) is 4.79 Å². The second-order valence-electron chi connectivity index (χ2n) is 6.65. The van der Waals surface area contributed by atoms with E-state index in [-0.39, 0.29) is 17.9 Å². The van der Waals surface area contributed by atoms with Crippen LogP contribution in [0.2, 0.25) is 5.02 Å². The number of hydrogen-bond donors (Lipinski definition) is 0. The summed E-state index contributed by atoms with van der Waals surface area (Å²) in [5.74, 6) is 1.31. The highest BCUT2D eigenvalue weighted by molar-refractivity contribution is 6.30. The van der Waals surface area contributed by atoms with Crippen LogP contribution in [0.3, 0.4) is 0 Å². The van der Waals surface area contributed by atoms with Crippen LogP contribution < -0.4 is 0 Å². The molecular formula is C18H23ClN4O2. The molecule has 6 nitrogen and oxygen atoms in total. The quantitative estimate of drug-likeness (QED) is 0.835. The van der Waals surface area contributed by atoms with Crippen molar-refractivity contribution in [3.8, 4) is 11.5 Å². The minimum Gasteiger partial charge on any atom is -0.419 e. The molecule has 25 heavy (non-hydrogen) atoms. The predicted octanol–water partition coefficient (Wildman–Crippen LogP) is 3.25. The number of piperazine rings is 1. The minimum atomic E-state index is 0.0109. The van der Waals surface area contributed by atoms with Gasteiger partial charge in [0.25, 0.3) is 0 Å². The molecule has 3 rings (SSSR count). The summed E-state index contributed by atoms with van der Waals surface area (Å²) in [6.07, 6.45) is 0. The van der Waals surface area contributed by atoms with Crippen molar-refractivity contribution >= 4 is 17.5 Å². The van der Waals surface area contributed by atoms with Gasteiger partial charge in [0.15, 0.2) is 0 Å². The number of rotatable bonds is 4. The van der Waals surface area contributed by atoms with Gasteiger partial charge in [-0.2, -0.15) is 0 Å². The standard InChI is InChI=1S/C18H23ClN4O2/c1-12(2)18(24)23-9-7-22(8-10-23)13(3)16-20-21-17(25-16)14-5-4-6-15(19)11-14/h4-6,11-13H,7-10H2,1-3H3/t13-/m1/s1. The summed E-state index contributed by atoms with van der Waals surface area (Å²) in [4.78, 5) is 16.3. The molecule has 0 N–H and O–H groups in total. The largest absolute Gasteiger partial charge is 0.419 e. The zero-order valence-electron chi connectivity index (χ0n) is 14.8. The molecule has 134 valence electrons. The smallest absolute Gasteiger partial charge is 0.247 e. The topological polar surface area (TPSA) is 62.5 Å². The summed E-state index contributed by atoms with van der Waals surface area (Å²) in [6.45, 7) is 8.99. The average molecular weight is 363 g/mol. The first-order valence-electron chi connectivity index (χ1n) is 8.58. The molecule has 2 heterocycles. The van der Waals surface area contributed by atoms with Crippen LogP contribution in [0, 0.1) is 5.92 Å². The number of benzene rings is 1. The Morgan fingerprint density at radius 2 is 1.88 bits per heavy atom. The van der Waals surface area contributed by atoms with Gasteiger partial charge in [-0.05, 0) is 25.1 Å². The van der Waals surface area contributed by atoms with E-state index in [0.29, 0.717) is 16.8 Å². The Labute approximate surface area is 152 Å². The van der Waals surface area contributed by atoms with Gasteiger partial charge in [-0.25, -0.2) is 0 Å². The van der Waals surface area contributed by atoms with Crippen molar-refractivity contribution in [3.05, 3.63) is 35.2 Å². The van der Waals surface area contributed by atoms with Crippen molar-refractivity contribution in [2.45, 2.75) is 26.8 Å². The minimum absolute atomic E-state index is 0.0109. The van der Waals surface area contributed by atoms with Crippen LogP contribution in [0.1, 0.15) is 32.7 Å². The first kappa shape index (κ1) is 17.9. The van der Waals surface area contributed by atoms with Crippen molar-refractivity contribution in [1.29, 1.82) is 0 Å². The molecule has 0 radical (unpaired) electrons. The number of carbonyl (C=O) groups is 1. The second-order valence-corrected chi connectivity index (χ2v) is 7.08. The Morgan fingerprint density at radius 3 is 2.52 bits per heavy atom. The molecule has 1 atom stereocenters. The number of halogens is 1. The normalized spacial score (nSPS) is 17.1. The van der Waals surface area contributed by atoms with Gasteiger partial charge in [0.05, 0.1) is 6.04 Å². The van der Waals surface area contributed by atoms with Gasteiger partial charge in [0.2, 0.25) is 17.7 Å². The Kier molecular flexibility index (Phi) is 5.39. The summed E-state index contributed by atoms with van der Waals surface area (Å²) >= 11 is 6.02. The van der Waals surface area contributed by atoms with E-state index < -0.39 is 0 Å². The van der Waals surface area contributed by atoms with Gasteiger partial charge in [-0.15, -0.1) is 10.2 Å². The number of hydrogen-bond acceptors (Lipinski definition) is 5. The van der Waals surface area contributed by atoms with E-state index in [1.165, 1.54) is 0 Å². The molecule has 0 bridgehead atoms. The average Bonchev–Trinajstić information content (AvgIpc) is 3.10. The zero-order chi connectivity index (χ0) is 18.0. The molecule has 0 aliphatic carbocycles. The summed E-state index contributed by atoms with van der Waals surface area (Å²) < 4.78 is 5.85. The maximum absolute atomic E-state index is 12.1. The van der Waals surface area contributed by atoms with E-state index in [4.69, 9.17) is 16.0 Å². The second kappa shape index (κ2) is 7.54.